The maximum atomic E-state index is 5.97. The molecule has 1 aromatic rings. The first kappa shape index (κ1) is 15.7. The van der Waals surface area contributed by atoms with Crippen LogP contribution in [-0.2, 0) is 0 Å². The first-order valence-corrected chi connectivity index (χ1v) is 7.42. The Morgan fingerprint density at radius 1 is 1.11 bits per heavy atom. The average Bonchev–Trinajstić information content (AvgIpc) is 2.40. The van der Waals surface area contributed by atoms with Gasteiger partial charge in [-0.2, -0.15) is 0 Å². The van der Waals surface area contributed by atoms with E-state index in [1.165, 1.54) is 12.8 Å². The fourth-order valence-corrected chi connectivity index (χ4v) is 2.31. The zero-order valence-corrected chi connectivity index (χ0v) is 12.8. The summed E-state index contributed by atoms with van der Waals surface area (Å²) >= 11 is 0. The quantitative estimate of drug-likeness (QED) is 0.723. The highest BCUT2D eigenvalue weighted by Gasteiger charge is 2.12. The molecule has 3 nitrogen and oxygen atoms in total. The Kier molecular flexibility index (Phi) is 6.54. The van der Waals surface area contributed by atoms with E-state index >= 15 is 0 Å². The number of rotatable bonds is 8. The number of ether oxygens (including phenoxy) is 1. The van der Waals surface area contributed by atoms with Crippen LogP contribution in [0.2, 0.25) is 0 Å². The molecule has 0 saturated carbocycles. The molecule has 0 fully saturated rings. The third-order valence-electron chi connectivity index (χ3n) is 3.60. The molecule has 0 aliphatic heterocycles. The largest absolute Gasteiger partial charge is 0.494 e. The zero-order valence-electron chi connectivity index (χ0n) is 12.8. The maximum Gasteiger partial charge on any atom is 0.123 e. The molecule has 19 heavy (non-hydrogen) atoms. The Labute approximate surface area is 117 Å². The van der Waals surface area contributed by atoms with E-state index in [0.717, 1.165) is 36.1 Å². The molecule has 0 saturated heterocycles. The van der Waals surface area contributed by atoms with Crippen molar-refractivity contribution in [2.24, 2.45) is 5.92 Å². The van der Waals surface area contributed by atoms with Crippen LogP contribution in [0.3, 0.4) is 0 Å². The Balaban J connectivity index is 2.90. The van der Waals surface area contributed by atoms with Crippen molar-refractivity contribution in [3.8, 4) is 5.75 Å². The molecule has 0 aliphatic carbocycles. The molecule has 108 valence electrons. The van der Waals surface area contributed by atoms with E-state index in [1.807, 2.05) is 19.1 Å². The number of nitrogens with two attached hydrogens (primary N) is 1. The summed E-state index contributed by atoms with van der Waals surface area (Å²) in [6.45, 7) is 11.4. The van der Waals surface area contributed by atoms with Crippen molar-refractivity contribution in [3.63, 3.8) is 0 Å². The van der Waals surface area contributed by atoms with Gasteiger partial charge in [-0.15, -0.1) is 0 Å². The minimum atomic E-state index is 0.668. The number of nitrogen functional groups attached to an aromatic ring is 1. The number of benzene rings is 1. The summed E-state index contributed by atoms with van der Waals surface area (Å²) in [7, 11) is 0. The van der Waals surface area contributed by atoms with Gasteiger partial charge >= 0.3 is 0 Å². The van der Waals surface area contributed by atoms with Crippen LogP contribution in [0.4, 0.5) is 11.4 Å². The predicted octanol–water partition coefficient (Wildman–Crippen LogP) is 3.93. The lowest BCUT2D eigenvalue weighted by Gasteiger charge is -2.28. The van der Waals surface area contributed by atoms with Crippen molar-refractivity contribution in [1.82, 2.24) is 0 Å². The van der Waals surface area contributed by atoms with Gasteiger partial charge in [0.2, 0.25) is 0 Å². The summed E-state index contributed by atoms with van der Waals surface area (Å²) < 4.78 is 5.57. The molecule has 0 heterocycles. The van der Waals surface area contributed by atoms with Crippen LogP contribution >= 0.6 is 0 Å². The first-order valence-electron chi connectivity index (χ1n) is 7.42. The van der Waals surface area contributed by atoms with Gasteiger partial charge in [-0.25, -0.2) is 0 Å². The Morgan fingerprint density at radius 2 is 1.79 bits per heavy atom. The molecule has 0 atom stereocenters. The fraction of sp³-hybridized carbons (Fsp3) is 0.625. The number of hydrogen-bond donors (Lipinski definition) is 1. The van der Waals surface area contributed by atoms with Gasteiger partial charge in [0.15, 0.2) is 0 Å². The van der Waals surface area contributed by atoms with Crippen molar-refractivity contribution in [2.45, 2.75) is 40.5 Å². The van der Waals surface area contributed by atoms with Gasteiger partial charge in [-0.05, 0) is 25.8 Å². The number of anilines is 2. The lowest BCUT2D eigenvalue weighted by atomic mass is 10.0. The summed E-state index contributed by atoms with van der Waals surface area (Å²) in [5, 5.41) is 0. The monoisotopic (exact) mass is 264 g/mol. The van der Waals surface area contributed by atoms with Gasteiger partial charge in [0.05, 0.1) is 6.61 Å². The molecule has 0 unspecified atom stereocenters. The molecule has 0 radical (unpaired) electrons. The standard InChI is InChI=1S/C16H28N2O/c1-5-13(6-2)12-18(7-3)15-9-14(17)10-16(11-15)19-8-4/h9-11,13H,5-8,12,17H2,1-4H3. The Hall–Kier alpha value is -1.38. The van der Waals surface area contributed by atoms with Crippen molar-refractivity contribution in [2.75, 3.05) is 30.3 Å². The van der Waals surface area contributed by atoms with Crippen LogP contribution in [0.15, 0.2) is 18.2 Å². The van der Waals surface area contributed by atoms with Crippen LogP contribution in [0.25, 0.3) is 0 Å². The molecular weight excluding hydrogens is 236 g/mol. The lowest BCUT2D eigenvalue weighted by Crippen LogP contribution is -2.29. The third-order valence-corrected chi connectivity index (χ3v) is 3.60. The number of hydrogen-bond acceptors (Lipinski definition) is 3. The third kappa shape index (κ3) is 4.66. The van der Waals surface area contributed by atoms with Crippen LogP contribution in [0, 0.1) is 5.92 Å². The molecule has 0 bridgehead atoms. The van der Waals surface area contributed by atoms with Crippen molar-refractivity contribution in [1.29, 1.82) is 0 Å². The summed E-state index contributed by atoms with van der Waals surface area (Å²) in [5.41, 5.74) is 7.90. The van der Waals surface area contributed by atoms with E-state index < -0.39 is 0 Å². The smallest absolute Gasteiger partial charge is 0.123 e. The van der Waals surface area contributed by atoms with Gasteiger partial charge in [0, 0.05) is 36.6 Å². The van der Waals surface area contributed by atoms with Gasteiger partial charge < -0.3 is 15.4 Å². The molecule has 0 spiro atoms. The second kappa shape index (κ2) is 7.93. The van der Waals surface area contributed by atoms with Gasteiger partial charge in [-0.1, -0.05) is 26.7 Å². The number of nitrogens with zero attached hydrogens (tertiary/aromatic N) is 1. The van der Waals surface area contributed by atoms with E-state index in [9.17, 15) is 0 Å². The second-order valence-corrected chi connectivity index (χ2v) is 4.91. The molecule has 3 heteroatoms. The highest BCUT2D eigenvalue weighted by atomic mass is 16.5. The average molecular weight is 264 g/mol. The fourth-order valence-electron chi connectivity index (χ4n) is 2.31. The van der Waals surface area contributed by atoms with E-state index in [-0.39, 0.29) is 0 Å². The van der Waals surface area contributed by atoms with E-state index in [1.54, 1.807) is 0 Å². The molecule has 0 aromatic heterocycles. The van der Waals surface area contributed by atoms with Gasteiger partial charge in [0.25, 0.3) is 0 Å². The van der Waals surface area contributed by atoms with Crippen LogP contribution in [-0.4, -0.2) is 19.7 Å². The molecule has 1 rings (SSSR count). The molecule has 0 amide bonds. The zero-order chi connectivity index (χ0) is 14.3. The predicted molar refractivity (Wildman–Crippen MR) is 84.0 cm³/mol. The van der Waals surface area contributed by atoms with Crippen molar-refractivity contribution >= 4 is 11.4 Å². The minimum Gasteiger partial charge on any atom is -0.494 e. The molecule has 2 N–H and O–H groups in total. The highest BCUT2D eigenvalue weighted by Crippen LogP contribution is 2.27. The summed E-state index contributed by atoms with van der Waals surface area (Å²) in [6.07, 6.45) is 2.43. The maximum absolute atomic E-state index is 5.97. The highest BCUT2D eigenvalue weighted by molar-refractivity contribution is 5.60. The minimum absolute atomic E-state index is 0.668. The Bertz CT molecular complexity index is 375. The SMILES string of the molecule is CCOc1cc(N)cc(N(CC)CC(CC)CC)c1. The summed E-state index contributed by atoms with van der Waals surface area (Å²) in [5.74, 6) is 1.59. The molecule has 0 aliphatic rings. The summed E-state index contributed by atoms with van der Waals surface area (Å²) in [6, 6.07) is 6.01. The first-order chi connectivity index (χ1) is 9.14. The Morgan fingerprint density at radius 3 is 2.32 bits per heavy atom. The van der Waals surface area contributed by atoms with E-state index in [4.69, 9.17) is 10.5 Å². The van der Waals surface area contributed by atoms with E-state index in [2.05, 4.69) is 31.7 Å². The van der Waals surface area contributed by atoms with Gasteiger partial charge in [-0.3, -0.25) is 0 Å². The van der Waals surface area contributed by atoms with E-state index in [0.29, 0.717) is 6.61 Å². The van der Waals surface area contributed by atoms with Crippen molar-refractivity contribution < 1.29 is 4.74 Å². The lowest BCUT2D eigenvalue weighted by molar-refractivity contribution is 0.340. The normalized spacial score (nSPS) is 10.8. The van der Waals surface area contributed by atoms with Crippen molar-refractivity contribution in [3.05, 3.63) is 18.2 Å². The summed E-state index contributed by atoms with van der Waals surface area (Å²) in [4.78, 5) is 2.39. The van der Waals surface area contributed by atoms with Crippen LogP contribution in [0.1, 0.15) is 40.5 Å². The van der Waals surface area contributed by atoms with Gasteiger partial charge in [0.1, 0.15) is 5.75 Å². The molecule has 1 aromatic carbocycles. The molecular formula is C16H28N2O. The second-order valence-electron chi connectivity index (χ2n) is 4.91. The topological polar surface area (TPSA) is 38.5 Å². The van der Waals surface area contributed by atoms with Crippen LogP contribution < -0.4 is 15.4 Å². The van der Waals surface area contributed by atoms with Crippen LogP contribution in [0.5, 0.6) is 5.75 Å².